The monoisotopic (exact) mass is 741 g/mol. The number of benzene rings is 2. The Balaban J connectivity index is 1.05. The van der Waals surface area contributed by atoms with Crippen LogP contribution in [0.5, 0.6) is 0 Å². The van der Waals surface area contributed by atoms with Gasteiger partial charge >= 0.3 is 5.97 Å². The molecular weight excluding hydrogens is 698 g/mol. The zero-order chi connectivity index (χ0) is 37.3. The number of hydrogen-bond acceptors (Lipinski definition) is 15. The second kappa shape index (κ2) is 15.9. The molecule has 4 heterocycles. The van der Waals surface area contributed by atoms with Gasteiger partial charge in [-0.1, -0.05) is 48.6 Å². The Hall–Kier alpha value is -3.85. The highest BCUT2D eigenvalue weighted by Crippen LogP contribution is 2.55. The van der Waals surface area contributed by atoms with E-state index in [9.17, 15) is 34.8 Å². The van der Waals surface area contributed by atoms with Crippen molar-refractivity contribution in [3.63, 3.8) is 0 Å². The van der Waals surface area contributed by atoms with Crippen LogP contribution in [0.4, 0.5) is 0 Å². The molecule has 5 aliphatic rings. The fraction of sp³-hybridized carbons (Fsp3) is 0.528. The molecule has 1 aliphatic carbocycles. The Morgan fingerprint density at radius 1 is 0.981 bits per heavy atom. The molecule has 2 amide bonds. The summed E-state index contributed by atoms with van der Waals surface area (Å²) in [5.41, 5.74) is 1.17. The number of carbonyl (C=O) groups excluding carboxylic acids is 3. The molecule has 7 rings (SSSR count). The van der Waals surface area contributed by atoms with Gasteiger partial charge in [0, 0.05) is 25.1 Å². The number of nitrogens with zero attached hydrogens (tertiary/aromatic N) is 1. The maximum atomic E-state index is 14.3. The molecule has 0 spiro atoms. The Kier molecular flexibility index (Phi) is 11.2. The van der Waals surface area contributed by atoms with Crippen molar-refractivity contribution in [3.05, 3.63) is 76.9 Å². The summed E-state index contributed by atoms with van der Waals surface area (Å²) in [7, 11) is 0. The van der Waals surface area contributed by atoms with E-state index in [0.29, 0.717) is 11.1 Å². The topological polar surface area (TPSA) is 235 Å². The van der Waals surface area contributed by atoms with Crippen molar-refractivity contribution in [2.24, 2.45) is 5.41 Å². The molecular formula is C36H43N3O14. The molecule has 0 radical (unpaired) electrons. The molecule has 53 heavy (non-hydrogen) atoms. The molecule has 2 aromatic carbocycles. The van der Waals surface area contributed by atoms with Crippen LogP contribution in [0.15, 0.2) is 54.6 Å². The van der Waals surface area contributed by atoms with E-state index in [0.717, 1.165) is 11.1 Å². The number of nitrogens with one attached hydrogen (secondary N) is 2. The molecule has 1 saturated carbocycles. The van der Waals surface area contributed by atoms with Crippen LogP contribution in [0.3, 0.4) is 0 Å². The average molecular weight is 742 g/mol. The Morgan fingerprint density at radius 2 is 1.77 bits per heavy atom. The van der Waals surface area contributed by atoms with E-state index in [1.807, 2.05) is 24.3 Å². The Morgan fingerprint density at radius 3 is 2.58 bits per heavy atom. The molecule has 2 bridgehead atoms. The summed E-state index contributed by atoms with van der Waals surface area (Å²) in [5, 5.41) is 55.7. The van der Waals surface area contributed by atoms with E-state index in [2.05, 4.69) is 10.6 Å². The van der Waals surface area contributed by atoms with E-state index in [4.69, 9.17) is 33.6 Å². The second-order valence-corrected chi connectivity index (χ2v) is 13.6. The minimum absolute atomic E-state index is 0.0254. The van der Waals surface area contributed by atoms with Gasteiger partial charge in [0.05, 0.1) is 26.4 Å². The fourth-order valence-electron chi connectivity index (χ4n) is 7.79. The van der Waals surface area contributed by atoms with Gasteiger partial charge in [-0.25, -0.2) is 0 Å². The summed E-state index contributed by atoms with van der Waals surface area (Å²) in [5.74, 6) is -1.39. The second-order valence-electron chi connectivity index (χ2n) is 13.6. The van der Waals surface area contributed by atoms with E-state index in [1.54, 1.807) is 36.4 Å². The van der Waals surface area contributed by atoms with Gasteiger partial charge in [0.1, 0.15) is 61.0 Å². The number of ether oxygens (including phenoxy) is 5. The molecule has 0 unspecified atom stereocenters. The number of amides is 2. The molecule has 286 valence electrons. The molecule has 11 atom stereocenters. The summed E-state index contributed by atoms with van der Waals surface area (Å²) >= 11 is 0. The van der Waals surface area contributed by atoms with Crippen LogP contribution < -0.4 is 10.6 Å². The van der Waals surface area contributed by atoms with Crippen molar-refractivity contribution in [1.29, 1.82) is 0 Å². The van der Waals surface area contributed by atoms with E-state index >= 15 is 0 Å². The first-order valence-corrected chi connectivity index (χ1v) is 17.5. The zero-order valence-electron chi connectivity index (χ0n) is 28.6. The third-order valence-corrected chi connectivity index (χ3v) is 10.3. The molecule has 17 nitrogen and oxygen atoms in total. The lowest BCUT2D eigenvalue weighted by Crippen LogP contribution is -2.69. The SMILES string of the molecule is O=C(NCCO)c1cccc(CNC(=O)[C@@]23C[C@H]4OC(=O)[C@@H]2N(Cc2cccc(C=CCO[C@H]5O[C@H](CO)[C@H](O)[C@H](O)[C@H]5O)c2)O[C@@H]3[C@H]2OCO[C@H]24)c1. The van der Waals surface area contributed by atoms with Gasteiger partial charge in [0.2, 0.25) is 5.91 Å². The third-order valence-electron chi connectivity index (χ3n) is 10.3. The first-order valence-electron chi connectivity index (χ1n) is 17.5. The summed E-state index contributed by atoms with van der Waals surface area (Å²) in [6.45, 7) is -0.529. The van der Waals surface area contributed by atoms with Gasteiger partial charge in [0.25, 0.3) is 5.91 Å². The first-order chi connectivity index (χ1) is 25.6. The van der Waals surface area contributed by atoms with Crippen molar-refractivity contribution < 1.29 is 68.4 Å². The van der Waals surface area contributed by atoms with Crippen molar-refractivity contribution in [2.45, 2.75) is 80.7 Å². The number of hydrogen-bond donors (Lipinski definition) is 7. The van der Waals surface area contributed by atoms with Crippen molar-refractivity contribution in [2.75, 3.05) is 33.2 Å². The van der Waals surface area contributed by atoms with E-state index in [1.165, 1.54) is 5.06 Å². The lowest BCUT2D eigenvalue weighted by molar-refractivity contribution is -0.298. The third kappa shape index (κ3) is 7.22. The fourth-order valence-corrected chi connectivity index (χ4v) is 7.79. The van der Waals surface area contributed by atoms with Crippen molar-refractivity contribution in [1.82, 2.24) is 15.7 Å². The highest BCUT2D eigenvalue weighted by Gasteiger charge is 2.74. The van der Waals surface area contributed by atoms with Crippen molar-refractivity contribution >= 4 is 23.9 Å². The number of aliphatic hydroxyl groups excluding tert-OH is 5. The summed E-state index contributed by atoms with van der Waals surface area (Å²) in [6.07, 6.45) is -6.16. The lowest BCUT2D eigenvalue weighted by Gasteiger charge is -2.48. The summed E-state index contributed by atoms with van der Waals surface area (Å²) in [6, 6.07) is 13.0. The average Bonchev–Trinajstić information content (AvgIpc) is 3.80. The standard InChI is InChI=1S/C36H43N3O14/c40-10-9-37-32(45)22-8-2-5-20(13-22)15-38-35(47)36-14-23-28-29(50-18-49-28)31(36)53-39(30(36)33(46)51-23)16-21-6-1-4-19(12-21)7-3-11-48-34-27(44)26(43)25(42)24(17-41)52-34/h1-8,12-13,23-31,34,40-44H,9-11,14-18H2,(H,37,45)(H,38,47)/t23-,24-,25+,26+,27-,28+,29+,30+,31-,34+,36+/m1/s1. The van der Waals surface area contributed by atoms with Crippen LogP contribution in [-0.4, -0.2) is 143 Å². The number of hydroxylamine groups is 2. The highest BCUT2D eigenvalue weighted by molar-refractivity contribution is 5.95. The van der Waals surface area contributed by atoms with Gasteiger partial charge in [-0.3, -0.25) is 19.2 Å². The molecule has 0 aromatic heterocycles. The van der Waals surface area contributed by atoms with Crippen LogP contribution in [0.1, 0.15) is 33.5 Å². The summed E-state index contributed by atoms with van der Waals surface area (Å²) < 4.78 is 28.5. The number of rotatable bonds is 13. The molecule has 2 aromatic rings. The Labute approximate surface area is 303 Å². The molecule has 17 heteroatoms. The van der Waals surface area contributed by atoms with Gasteiger partial charge < -0.3 is 59.9 Å². The minimum atomic E-state index is -1.55. The maximum absolute atomic E-state index is 14.3. The van der Waals surface area contributed by atoms with Crippen LogP contribution in [0, 0.1) is 5.41 Å². The number of esters is 1. The van der Waals surface area contributed by atoms with Crippen LogP contribution in [0.2, 0.25) is 0 Å². The van der Waals surface area contributed by atoms with Gasteiger partial charge in [-0.05, 0) is 28.8 Å². The Bertz CT molecular complexity index is 1690. The smallest absolute Gasteiger partial charge is 0.327 e. The lowest BCUT2D eigenvalue weighted by atomic mass is 9.62. The first kappa shape index (κ1) is 37.5. The summed E-state index contributed by atoms with van der Waals surface area (Å²) in [4.78, 5) is 47.0. The van der Waals surface area contributed by atoms with E-state index in [-0.39, 0.29) is 52.0 Å². The van der Waals surface area contributed by atoms with Gasteiger partial charge in [-0.15, -0.1) is 0 Å². The zero-order valence-corrected chi connectivity index (χ0v) is 28.6. The number of aliphatic hydroxyl groups is 5. The predicted molar refractivity (Wildman–Crippen MR) is 179 cm³/mol. The maximum Gasteiger partial charge on any atom is 0.327 e. The van der Waals surface area contributed by atoms with Crippen LogP contribution in [-0.2, 0) is 51.2 Å². The largest absolute Gasteiger partial charge is 0.458 e. The van der Waals surface area contributed by atoms with Crippen LogP contribution in [0.25, 0.3) is 6.08 Å². The quantitative estimate of drug-likeness (QED) is 0.111. The van der Waals surface area contributed by atoms with E-state index < -0.39 is 85.1 Å². The number of fused-ring (bicyclic) bond motifs is 4. The predicted octanol–water partition coefficient (Wildman–Crippen LogP) is -1.90. The normalized spacial score (nSPS) is 34.8. The minimum Gasteiger partial charge on any atom is -0.458 e. The number of carbonyl (C=O) groups is 3. The molecule has 4 saturated heterocycles. The molecule has 5 fully saturated rings. The van der Waals surface area contributed by atoms with Gasteiger partial charge in [0.15, 0.2) is 12.3 Å². The molecule has 4 aliphatic heterocycles. The highest BCUT2D eigenvalue weighted by atomic mass is 16.8. The van der Waals surface area contributed by atoms with Crippen LogP contribution >= 0.6 is 0 Å². The molecule has 7 N–H and O–H groups in total. The van der Waals surface area contributed by atoms with Gasteiger partial charge in [-0.2, -0.15) is 5.06 Å². The van der Waals surface area contributed by atoms with Crippen molar-refractivity contribution in [3.8, 4) is 0 Å².